The molecule has 1 atom stereocenters. The van der Waals surface area contributed by atoms with E-state index in [1.165, 1.54) is 5.56 Å². The van der Waals surface area contributed by atoms with E-state index in [-0.39, 0.29) is 5.41 Å². The number of morpholine rings is 1. The Hall–Kier alpha value is -1.85. The number of aromatic nitrogens is 1. The maximum absolute atomic E-state index is 10.6. The van der Waals surface area contributed by atoms with Crippen molar-refractivity contribution >= 4 is 5.88 Å². The van der Waals surface area contributed by atoms with E-state index in [1.54, 1.807) is 0 Å². The van der Waals surface area contributed by atoms with Gasteiger partial charge in [-0.05, 0) is 11.0 Å². The molecule has 130 valence electrons. The molecule has 0 bridgehead atoms. The maximum atomic E-state index is 10.6. The minimum absolute atomic E-state index is 0.322. The highest BCUT2D eigenvalue weighted by atomic mass is 16.5. The van der Waals surface area contributed by atoms with Crippen molar-refractivity contribution in [1.29, 1.82) is 0 Å². The largest absolute Gasteiger partial charge is 0.422 e. The van der Waals surface area contributed by atoms with Crippen LogP contribution in [0.3, 0.4) is 0 Å². The van der Waals surface area contributed by atoms with Crippen LogP contribution in [-0.2, 0) is 11.2 Å². The van der Waals surface area contributed by atoms with Crippen LogP contribution in [0.25, 0.3) is 0 Å². The van der Waals surface area contributed by atoms with Gasteiger partial charge >= 0.3 is 0 Å². The number of oxazole rings is 1. The van der Waals surface area contributed by atoms with Crippen LogP contribution in [0.5, 0.6) is 0 Å². The first kappa shape index (κ1) is 17.0. The van der Waals surface area contributed by atoms with E-state index < -0.39 is 6.10 Å². The number of benzene rings is 1. The topological polar surface area (TPSA) is 58.7 Å². The van der Waals surface area contributed by atoms with Crippen LogP contribution in [0.2, 0.25) is 0 Å². The van der Waals surface area contributed by atoms with Gasteiger partial charge < -0.3 is 19.2 Å². The van der Waals surface area contributed by atoms with E-state index in [9.17, 15) is 5.11 Å². The van der Waals surface area contributed by atoms with E-state index in [0.717, 1.165) is 24.7 Å². The second kappa shape index (κ2) is 6.95. The fourth-order valence-electron chi connectivity index (χ4n) is 2.77. The SMILES string of the molecule is CC(C)(C)C(O)c1nc(Cc2ccccc2)c(N2CCOCC2)o1. The van der Waals surface area contributed by atoms with Gasteiger partial charge in [0.25, 0.3) is 0 Å². The Morgan fingerprint density at radius 2 is 1.83 bits per heavy atom. The third-order valence-electron chi connectivity index (χ3n) is 4.26. The Balaban J connectivity index is 1.93. The smallest absolute Gasteiger partial charge is 0.226 e. The number of hydrogen-bond donors (Lipinski definition) is 1. The monoisotopic (exact) mass is 330 g/mol. The molecular weight excluding hydrogens is 304 g/mol. The number of aliphatic hydroxyl groups is 1. The zero-order valence-electron chi connectivity index (χ0n) is 14.7. The van der Waals surface area contributed by atoms with Crippen molar-refractivity contribution in [2.24, 2.45) is 5.41 Å². The number of rotatable bonds is 4. The van der Waals surface area contributed by atoms with Gasteiger partial charge in [0, 0.05) is 19.5 Å². The Kier molecular flexibility index (Phi) is 4.92. The predicted octanol–water partition coefficient (Wildman–Crippen LogP) is 3.18. The van der Waals surface area contributed by atoms with Crippen molar-refractivity contribution in [3.05, 3.63) is 47.5 Å². The Morgan fingerprint density at radius 3 is 2.46 bits per heavy atom. The van der Waals surface area contributed by atoms with Gasteiger partial charge in [0.2, 0.25) is 11.8 Å². The lowest BCUT2D eigenvalue weighted by molar-refractivity contribution is 0.0388. The molecule has 5 nitrogen and oxygen atoms in total. The van der Waals surface area contributed by atoms with E-state index >= 15 is 0 Å². The number of aliphatic hydroxyl groups excluding tert-OH is 1. The van der Waals surface area contributed by atoms with Gasteiger partial charge in [-0.3, -0.25) is 0 Å². The van der Waals surface area contributed by atoms with Crippen LogP contribution in [0.4, 0.5) is 5.88 Å². The lowest BCUT2D eigenvalue weighted by Crippen LogP contribution is -2.36. The third kappa shape index (κ3) is 3.79. The second-order valence-corrected chi connectivity index (χ2v) is 7.33. The summed E-state index contributed by atoms with van der Waals surface area (Å²) >= 11 is 0. The summed E-state index contributed by atoms with van der Waals surface area (Å²) in [5, 5.41) is 10.6. The van der Waals surface area contributed by atoms with Crippen LogP contribution < -0.4 is 4.90 Å². The highest BCUT2D eigenvalue weighted by molar-refractivity contribution is 5.44. The molecule has 0 saturated carbocycles. The molecule has 1 saturated heterocycles. The zero-order chi connectivity index (χ0) is 17.2. The average Bonchev–Trinajstić information content (AvgIpc) is 2.98. The molecule has 24 heavy (non-hydrogen) atoms. The van der Waals surface area contributed by atoms with Gasteiger partial charge in [0.15, 0.2) is 0 Å². The molecule has 0 radical (unpaired) electrons. The highest BCUT2D eigenvalue weighted by Gasteiger charge is 2.31. The summed E-state index contributed by atoms with van der Waals surface area (Å²) in [5.41, 5.74) is 1.73. The summed E-state index contributed by atoms with van der Waals surface area (Å²) in [7, 11) is 0. The molecule has 2 heterocycles. The molecule has 0 aliphatic carbocycles. The summed E-state index contributed by atoms with van der Waals surface area (Å²) in [5.74, 6) is 1.16. The minimum Gasteiger partial charge on any atom is -0.422 e. The molecule has 3 rings (SSSR count). The molecule has 1 N–H and O–H groups in total. The van der Waals surface area contributed by atoms with Gasteiger partial charge in [-0.1, -0.05) is 51.1 Å². The van der Waals surface area contributed by atoms with E-state index in [0.29, 0.717) is 25.5 Å². The normalized spacial score (nSPS) is 17.1. The molecule has 0 amide bonds. The standard InChI is InChI=1S/C19H26N2O3/c1-19(2,3)16(22)17-20-15(13-14-7-5-4-6-8-14)18(24-17)21-9-11-23-12-10-21/h4-8,16,22H,9-13H2,1-3H3. The van der Waals surface area contributed by atoms with Crippen molar-refractivity contribution in [2.45, 2.75) is 33.3 Å². The van der Waals surface area contributed by atoms with E-state index in [4.69, 9.17) is 9.15 Å². The predicted molar refractivity (Wildman–Crippen MR) is 93.2 cm³/mol. The van der Waals surface area contributed by atoms with Crippen molar-refractivity contribution in [3.63, 3.8) is 0 Å². The molecule has 2 aromatic rings. The van der Waals surface area contributed by atoms with Crippen molar-refractivity contribution in [1.82, 2.24) is 4.98 Å². The van der Waals surface area contributed by atoms with Gasteiger partial charge in [-0.15, -0.1) is 0 Å². The van der Waals surface area contributed by atoms with Crippen LogP contribution >= 0.6 is 0 Å². The minimum atomic E-state index is -0.734. The van der Waals surface area contributed by atoms with Crippen LogP contribution in [0.15, 0.2) is 34.7 Å². The second-order valence-electron chi connectivity index (χ2n) is 7.33. The number of anilines is 1. The summed E-state index contributed by atoms with van der Waals surface area (Å²) in [6.07, 6.45) is -0.0460. The Bertz CT molecular complexity index is 655. The summed E-state index contributed by atoms with van der Waals surface area (Å²) in [4.78, 5) is 6.81. The zero-order valence-corrected chi connectivity index (χ0v) is 14.7. The Morgan fingerprint density at radius 1 is 1.17 bits per heavy atom. The van der Waals surface area contributed by atoms with E-state index in [2.05, 4.69) is 22.0 Å². The van der Waals surface area contributed by atoms with Gasteiger partial charge in [-0.2, -0.15) is 0 Å². The quantitative estimate of drug-likeness (QED) is 0.933. The molecule has 1 aromatic heterocycles. The first-order valence-electron chi connectivity index (χ1n) is 8.49. The lowest BCUT2D eigenvalue weighted by atomic mass is 9.89. The van der Waals surface area contributed by atoms with Crippen LogP contribution in [0, 0.1) is 5.41 Å². The molecule has 1 unspecified atom stereocenters. The number of nitrogens with zero attached hydrogens (tertiary/aromatic N) is 2. The lowest BCUT2D eigenvalue weighted by Gasteiger charge is -2.27. The molecule has 1 aliphatic rings. The number of hydrogen-bond acceptors (Lipinski definition) is 5. The van der Waals surface area contributed by atoms with Crippen molar-refractivity contribution < 1.29 is 14.3 Å². The molecule has 1 fully saturated rings. The first-order valence-corrected chi connectivity index (χ1v) is 8.49. The first-order chi connectivity index (χ1) is 11.4. The molecule has 1 aliphatic heterocycles. The maximum Gasteiger partial charge on any atom is 0.226 e. The van der Waals surface area contributed by atoms with Gasteiger partial charge in [-0.25, -0.2) is 4.98 Å². The highest BCUT2D eigenvalue weighted by Crippen LogP contribution is 2.36. The van der Waals surface area contributed by atoms with Gasteiger partial charge in [0.1, 0.15) is 11.8 Å². The van der Waals surface area contributed by atoms with Gasteiger partial charge in [0.05, 0.1) is 13.2 Å². The molecule has 5 heteroatoms. The summed E-state index contributed by atoms with van der Waals surface area (Å²) < 4.78 is 11.5. The van der Waals surface area contributed by atoms with Crippen LogP contribution in [-0.4, -0.2) is 36.4 Å². The fourth-order valence-corrected chi connectivity index (χ4v) is 2.77. The third-order valence-corrected chi connectivity index (χ3v) is 4.26. The summed E-state index contributed by atoms with van der Waals surface area (Å²) in [6, 6.07) is 10.2. The van der Waals surface area contributed by atoms with Crippen LogP contribution in [0.1, 0.15) is 44.0 Å². The summed E-state index contributed by atoms with van der Waals surface area (Å²) in [6.45, 7) is 8.86. The van der Waals surface area contributed by atoms with E-state index in [1.807, 2.05) is 39.0 Å². The fraction of sp³-hybridized carbons (Fsp3) is 0.526. The Labute approximate surface area is 143 Å². The van der Waals surface area contributed by atoms with Crippen molar-refractivity contribution in [2.75, 3.05) is 31.2 Å². The van der Waals surface area contributed by atoms with Crippen molar-refractivity contribution in [3.8, 4) is 0 Å². The number of ether oxygens (including phenoxy) is 1. The molecule has 1 aromatic carbocycles. The average molecular weight is 330 g/mol. The molecular formula is C19H26N2O3. The molecule has 0 spiro atoms.